The van der Waals surface area contributed by atoms with Gasteiger partial charge in [0.05, 0.1) is 0 Å². The number of nitrogens with one attached hydrogen (secondary N) is 1. The molecular formula is C18H33NO. The van der Waals surface area contributed by atoms with Gasteiger partial charge in [0, 0.05) is 12.5 Å². The van der Waals surface area contributed by atoms with E-state index in [2.05, 4.69) is 26.1 Å². The van der Waals surface area contributed by atoms with Crippen LogP contribution in [0.1, 0.15) is 85.0 Å². The van der Waals surface area contributed by atoms with Crippen molar-refractivity contribution in [1.29, 1.82) is 0 Å². The lowest BCUT2D eigenvalue weighted by Gasteiger charge is -2.39. The Morgan fingerprint density at radius 2 is 1.85 bits per heavy atom. The van der Waals surface area contributed by atoms with Crippen LogP contribution in [0.5, 0.6) is 0 Å². The van der Waals surface area contributed by atoms with Crippen molar-refractivity contribution in [3.8, 4) is 0 Å². The fourth-order valence-electron chi connectivity index (χ4n) is 4.57. The topological polar surface area (TPSA) is 29.1 Å². The van der Waals surface area contributed by atoms with E-state index in [9.17, 15) is 4.79 Å². The number of carbonyl (C=O) groups is 1. The number of carbonyl (C=O) groups excluding carboxylic acids is 1. The monoisotopic (exact) mass is 279 g/mol. The Kier molecular flexibility index (Phi) is 5.51. The number of hydrogen-bond acceptors (Lipinski definition) is 1. The summed E-state index contributed by atoms with van der Waals surface area (Å²) in [6.07, 6.45) is 12.3. The lowest BCUT2D eigenvalue weighted by atomic mass is 9.70. The molecule has 2 aliphatic rings. The van der Waals surface area contributed by atoms with Gasteiger partial charge in [0.15, 0.2) is 0 Å². The van der Waals surface area contributed by atoms with Gasteiger partial charge in [-0.15, -0.1) is 0 Å². The van der Waals surface area contributed by atoms with E-state index < -0.39 is 0 Å². The summed E-state index contributed by atoms with van der Waals surface area (Å²) in [5.41, 5.74) is 0.388. The largest absolute Gasteiger partial charge is 0.353 e. The second kappa shape index (κ2) is 6.95. The van der Waals surface area contributed by atoms with E-state index in [0.717, 1.165) is 31.1 Å². The molecule has 0 aromatic carbocycles. The van der Waals surface area contributed by atoms with Crippen LogP contribution >= 0.6 is 0 Å². The number of amides is 1. The van der Waals surface area contributed by atoms with E-state index in [0.29, 0.717) is 17.4 Å². The van der Waals surface area contributed by atoms with Crippen molar-refractivity contribution in [3.05, 3.63) is 0 Å². The third-order valence-electron chi connectivity index (χ3n) is 5.26. The minimum absolute atomic E-state index is 0.297. The molecule has 2 aliphatic carbocycles. The standard InChI is InChI=1S/C18H33NO/c1-14-11-16(13-18(2,3)12-14)19-17(20)10-9-15-7-5-4-6-8-15/h14-16H,4-13H2,1-3H3,(H,19,20)/t14-,16-/m1/s1. The lowest BCUT2D eigenvalue weighted by molar-refractivity contribution is -0.122. The maximum atomic E-state index is 12.2. The van der Waals surface area contributed by atoms with Gasteiger partial charge in [0.2, 0.25) is 5.91 Å². The first-order chi connectivity index (χ1) is 9.44. The highest BCUT2D eigenvalue weighted by molar-refractivity contribution is 5.76. The molecule has 2 atom stereocenters. The quantitative estimate of drug-likeness (QED) is 0.795. The first kappa shape index (κ1) is 15.9. The Bertz CT molecular complexity index is 317. The van der Waals surface area contributed by atoms with Crippen LogP contribution in [-0.2, 0) is 4.79 Å². The van der Waals surface area contributed by atoms with Crippen molar-refractivity contribution < 1.29 is 4.79 Å². The molecule has 2 saturated carbocycles. The molecule has 0 unspecified atom stereocenters. The second-order valence-corrected chi connectivity index (χ2v) is 8.22. The van der Waals surface area contributed by atoms with Crippen LogP contribution in [0.25, 0.3) is 0 Å². The molecule has 0 aromatic rings. The number of rotatable bonds is 4. The van der Waals surface area contributed by atoms with Gasteiger partial charge in [0.1, 0.15) is 0 Å². The Labute approximate surface area is 125 Å². The Balaban J connectivity index is 1.70. The van der Waals surface area contributed by atoms with E-state index in [1.165, 1.54) is 44.9 Å². The van der Waals surface area contributed by atoms with Gasteiger partial charge in [-0.2, -0.15) is 0 Å². The molecule has 2 rings (SSSR count). The third kappa shape index (κ3) is 5.10. The highest BCUT2D eigenvalue weighted by Crippen LogP contribution is 2.38. The van der Waals surface area contributed by atoms with Crippen molar-refractivity contribution in [1.82, 2.24) is 5.32 Å². The molecule has 0 heterocycles. The van der Waals surface area contributed by atoms with Crippen LogP contribution in [0, 0.1) is 17.3 Å². The van der Waals surface area contributed by atoms with E-state index >= 15 is 0 Å². The molecule has 2 fully saturated rings. The van der Waals surface area contributed by atoms with Crippen molar-refractivity contribution in [2.75, 3.05) is 0 Å². The highest BCUT2D eigenvalue weighted by atomic mass is 16.1. The first-order valence-electron chi connectivity index (χ1n) is 8.74. The molecule has 1 N–H and O–H groups in total. The van der Waals surface area contributed by atoms with Crippen molar-refractivity contribution >= 4 is 5.91 Å². The predicted octanol–water partition coefficient (Wildman–Crippen LogP) is 4.68. The minimum atomic E-state index is 0.297. The molecule has 0 radical (unpaired) electrons. The zero-order valence-corrected chi connectivity index (χ0v) is 13.7. The Hall–Kier alpha value is -0.530. The van der Waals surface area contributed by atoms with Gasteiger partial charge < -0.3 is 5.32 Å². The molecular weight excluding hydrogens is 246 g/mol. The van der Waals surface area contributed by atoms with Crippen LogP contribution in [0.3, 0.4) is 0 Å². The van der Waals surface area contributed by atoms with Crippen LogP contribution in [0.4, 0.5) is 0 Å². The van der Waals surface area contributed by atoms with Gasteiger partial charge in [-0.1, -0.05) is 52.9 Å². The van der Waals surface area contributed by atoms with Gasteiger partial charge in [0.25, 0.3) is 0 Å². The normalized spacial score (nSPS) is 30.9. The summed E-state index contributed by atoms with van der Waals surface area (Å²) >= 11 is 0. The fraction of sp³-hybridized carbons (Fsp3) is 0.944. The number of hydrogen-bond donors (Lipinski definition) is 1. The van der Waals surface area contributed by atoms with Gasteiger partial charge >= 0.3 is 0 Å². The van der Waals surface area contributed by atoms with Crippen LogP contribution in [0.2, 0.25) is 0 Å². The second-order valence-electron chi connectivity index (χ2n) is 8.22. The summed E-state index contributed by atoms with van der Waals surface area (Å²) in [7, 11) is 0. The van der Waals surface area contributed by atoms with Crippen LogP contribution < -0.4 is 5.32 Å². The van der Waals surface area contributed by atoms with Crippen molar-refractivity contribution in [3.63, 3.8) is 0 Å². The predicted molar refractivity (Wildman–Crippen MR) is 84.5 cm³/mol. The van der Waals surface area contributed by atoms with Crippen molar-refractivity contribution in [2.45, 2.75) is 91.0 Å². The summed E-state index contributed by atoms with van der Waals surface area (Å²) in [6.45, 7) is 7.00. The molecule has 0 saturated heterocycles. The lowest BCUT2D eigenvalue weighted by Crippen LogP contribution is -2.43. The highest BCUT2D eigenvalue weighted by Gasteiger charge is 2.32. The molecule has 1 amide bonds. The minimum Gasteiger partial charge on any atom is -0.353 e. The van der Waals surface area contributed by atoms with Gasteiger partial charge in [-0.25, -0.2) is 0 Å². The van der Waals surface area contributed by atoms with Crippen LogP contribution in [0.15, 0.2) is 0 Å². The van der Waals surface area contributed by atoms with Crippen LogP contribution in [-0.4, -0.2) is 11.9 Å². The zero-order valence-electron chi connectivity index (χ0n) is 13.7. The van der Waals surface area contributed by atoms with E-state index in [1.807, 2.05) is 0 Å². The van der Waals surface area contributed by atoms with Gasteiger partial charge in [-0.05, 0) is 42.9 Å². The maximum Gasteiger partial charge on any atom is 0.220 e. The average molecular weight is 279 g/mol. The Morgan fingerprint density at radius 3 is 2.50 bits per heavy atom. The van der Waals surface area contributed by atoms with E-state index in [1.54, 1.807) is 0 Å². The molecule has 2 heteroatoms. The molecule has 0 aromatic heterocycles. The fourth-order valence-corrected chi connectivity index (χ4v) is 4.57. The summed E-state index contributed by atoms with van der Waals surface area (Å²) in [5.74, 6) is 1.85. The van der Waals surface area contributed by atoms with E-state index in [4.69, 9.17) is 0 Å². The molecule has 0 bridgehead atoms. The summed E-state index contributed by atoms with van der Waals surface area (Å²) < 4.78 is 0. The SMILES string of the molecule is C[C@@H]1C[C@@H](NC(=O)CCC2CCCCC2)CC(C)(C)C1. The maximum absolute atomic E-state index is 12.2. The van der Waals surface area contributed by atoms with E-state index in [-0.39, 0.29) is 0 Å². The summed E-state index contributed by atoms with van der Waals surface area (Å²) in [4.78, 5) is 12.2. The molecule has 2 nitrogen and oxygen atoms in total. The summed E-state index contributed by atoms with van der Waals surface area (Å²) in [5, 5.41) is 3.31. The zero-order chi connectivity index (χ0) is 14.6. The molecule has 20 heavy (non-hydrogen) atoms. The molecule has 116 valence electrons. The average Bonchev–Trinajstić information content (AvgIpc) is 2.35. The Morgan fingerprint density at radius 1 is 1.15 bits per heavy atom. The first-order valence-corrected chi connectivity index (χ1v) is 8.74. The van der Waals surface area contributed by atoms with Crippen molar-refractivity contribution in [2.24, 2.45) is 17.3 Å². The van der Waals surface area contributed by atoms with Gasteiger partial charge in [-0.3, -0.25) is 4.79 Å². The summed E-state index contributed by atoms with van der Waals surface area (Å²) in [6, 6.07) is 0.410. The third-order valence-corrected chi connectivity index (χ3v) is 5.26. The smallest absolute Gasteiger partial charge is 0.220 e. The molecule has 0 spiro atoms. The molecule has 0 aliphatic heterocycles.